The maximum Gasteiger partial charge on any atom is 0.122 e. The SMILES string of the molecule is COc1ccc(SC(C)C)cc1C(C)C. The maximum absolute atomic E-state index is 5.36. The van der Waals surface area contributed by atoms with E-state index in [1.807, 2.05) is 11.8 Å². The summed E-state index contributed by atoms with van der Waals surface area (Å²) in [5.74, 6) is 1.51. The van der Waals surface area contributed by atoms with E-state index in [-0.39, 0.29) is 0 Å². The Kier molecular flexibility index (Phi) is 4.52. The lowest BCUT2D eigenvalue weighted by Crippen LogP contribution is -1.95. The van der Waals surface area contributed by atoms with Crippen LogP contribution in [0.3, 0.4) is 0 Å². The summed E-state index contributed by atoms with van der Waals surface area (Å²) in [6.45, 7) is 8.82. The first kappa shape index (κ1) is 12.4. The highest BCUT2D eigenvalue weighted by Gasteiger charge is 2.09. The topological polar surface area (TPSA) is 9.23 Å². The molecule has 1 rings (SSSR count). The molecule has 0 N–H and O–H groups in total. The molecule has 1 aromatic rings. The first-order valence-electron chi connectivity index (χ1n) is 5.39. The van der Waals surface area contributed by atoms with Crippen molar-refractivity contribution in [2.75, 3.05) is 7.11 Å². The molecule has 0 aliphatic heterocycles. The number of rotatable bonds is 4. The Morgan fingerprint density at radius 3 is 2.27 bits per heavy atom. The van der Waals surface area contributed by atoms with Crippen LogP contribution in [-0.4, -0.2) is 12.4 Å². The zero-order valence-electron chi connectivity index (χ0n) is 10.2. The van der Waals surface area contributed by atoms with Gasteiger partial charge in [-0.05, 0) is 29.7 Å². The van der Waals surface area contributed by atoms with Crippen molar-refractivity contribution in [1.29, 1.82) is 0 Å². The van der Waals surface area contributed by atoms with Crippen molar-refractivity contribution >= 4 is 11.8 Å². The zero-order valence-corrected chi connectivity index (χ0v) is 11.0. The van der Waals surface area contributed by atoms with Gasteiger partial charge in [-0.3, -0.25) is 0 Å². The average molecular weight is 224 g/mol. The van der Waals surface area contributed by atoms with Gasteiger partial charge in [-0.2, -0.15) is 0 Å². The quantitative estimate of drug-likeness (QED) is 0.704. The Labute approximate surface area is 97.2 Å². The summed E-state index contributed by atoms with van der Waals surface area (Å²) in [6.07, 6.45) is 0. The van der Waals surface area contributed by atoms with Gasteiger partial charge < -0.3 is 4.74 Å². The molecular formula is C13H20OS. The van der Waals surface area contributed by atoms with Crippen molar-refractivity contribution in [1.82, 2.24) is 0 Å². The van der Waals surface area contributed by atoms with Crippen molar-refractivity contribution in [2.24, 2.45) is 0 Å². The Hall–Kier alpha value is -0.630. The minimum Gasteiger partial charge on any atom is -0.496 e. The molecule has 84 valence electrons. The van der Waals surface area contributed by atoms with Gasteiger partial charge in [0, 0.05) is 10.1 Å². The standard InChI is InChI=1S/C13H20OS/c1-9(2)12-8-11(15-10(3)4)6-7-13(12)14-5/h6-10H,1-5H3. The lowest BCUT2D eigenvalue weighted by atomic mass is 10.0. The molecule has 0 heterocycles. The van der Waals surface area contributed by atoms with Crippen LogP contribution < -0.4 is 4.74 Å². The fraction of sp³-hybridized carbons (Fsp3) is 0.538. The zero-order chi connectivity index (χ0) is 11.4. The van der Waals surface area contributed by atoms with Gasteiger partial charge in [0.25, 0.3) is 0 Å². The summed E-state index contributed by atoms with van der Waals surface area (Å²) in [4.78, 5) is 1.33. The van der Waals surface area contributed by atoms with E-state index >= 15 is 0 Å². The second kappa shape index (κ2) is 5.45. The van der Waals surface area contributed by atoms with Gasteiger partial charge in [-0.1, -0.05) is 27.7 Å². The summed E-state index contributed by atoms with van der Waals surface area (Å²) in [6, 6.07) is 6.45. The molecule has 2 heteroatoms. The van der Waals surface area contributed by atoms with E-state index in [4.69, 9.17) is 4.74 Å². The molecule has 0 amide bonds. The highest BCUT2D eigenvalue weighted by molar-refractivity contribution is 7.99. The van der Waals surface area contributed by atoms with Gasteiger partial charge in [-0.25, -0.2) is 0 Å². The van der Waals surface area contributed by atoms with Crippen molar-refractivity contribution in [3.8, 4) is 5.75 Å². The third-order valence-electron chi connectivity index (χ3n) is 2.19. The van der Waals surface area contributed by atoms with E-state index in [0.717, 1.165) is 5.75 Å². The van der Waals surface area contributed by atoms with Crippen LogP contribution in [0, 0.1) is 0 Å². The number of hydrogen-bond acceptors (Lipinski definition) is 2. The minimum absolute atomic E-state index is 0.507. The highest BCUT2D eigenvalue weighted by Crippen LogP contribution is 2.32. The third kappa shape index (κ3) is 3.45. The summed E-state index contributed by atoms with van der Waals surface area (Å²) in [5, 5.41) is 0.624. The number of thioether (sulfide) groups is 1. The second-order valence-electron chi connectivity index (χ2n) is 4.23. The Morgan fingerprint density at radius 2 is 1.80 bits per heavy atom. The van der Waals surface area contributed by atoms with E-state index in [1.54, 1.807) is 7.11 Å². The van der Waals surface area contributed by atoms with Crippen LogP contribution in [0.1, 0.15) is 39.2 Å². The Bertz CT molecular complexity index is 318. The number of ether oxygens (including phenoxy) is 1. The molecule has 0 saturated carbocycles. The number of methoxy groups -OCH3 is 1. The van der Waals surface area contributed by atoms with Crippen LogP contribution in [0.5, 0.6) is 5.75 Å². The molecule has 0 spiro atoms. The van der Waals surface area contributed by atoms with E-state index in [0.29, 0.717) is 11.2 Å². The van der Waals surface area contributed by atoms with Crippen LogP contribution in [-0.2, 0) is 0 Å². The average Bonchev–Trinajstić information content (AvgIpc) is 2.16. The van der Waals surface area contributed by atoms with Gasteiger partial charge in [0.15, 0.2) is 0 Å². The molecule has 0 saturated heterocycles. The predicted octanol–water partition coefficient (Wildman–Crippen LogP) is 4.32. The summed E-state index contributed by atoms with van der Waals surface area (Å²) in [7, 11) is 1.73. The maximum atomic E-state index is 5.36. The first-order chi connectivity index (χ1) is 7.04. The first-order valence-corrected chi connectivity index (χ1v) is 6.27. The molecule has 1 nitrogen and oxygen atoms in total. The predicted molar refractivity (Wildman–Crippen MR) is 68.1 cm³/mol. The van der Waals surface area contributed by atoms with Crippen LogP contribution >= 0.6 is 11.8 Å². The Balaban J connectivity index is 2.99. The van der Waals surface area contributed by atoms with Crippen LogP contribution in [0.15, 0.2) is 23.1 Å². The van der Waals surface area contributed by atoms with Crippen LogP contribution in [0.4, 0.5) is 0 Å². The van der Waals surface area contributed by atoms with Gasteiger partial charge in [-0.15, -0.1) is 11.8 Å². The lowest BCUT2D eigenvalue weighted by molar-refractivity contribution is 0.407. The smallest absolute Gasteiger partial charge is 0.122 e. The van der Waals surface area contributed by atoms with Crippen LogP contribution in [0.2, 0.25) is 0 Å². The summed E-state index contributed by atoms with van der Waals surface area (Å²) < 4.78 is 5.36. The highest BCUT2D eigenvalue weighted by atomic mass is 32.2. The fourth-order valence-electron chi connectivity index (χ4n) is 1.51. The molecule has 0 bridgehead atoms. The van der Waals surface area contributed by atoms with E-state index in [1.165, 1.54) is 10.5 Å². The van der Waals surface area contributed by atoms with E-state index in [9.17, 15) is 0 Å². The van der Waals surface area contributed by atoms with Crippen molar-refractivity contribution < 1.29 is 4.74 Å². The molecule has 1 aromatic carbocycles. The van der Waals surface area contributed by atoms with Gasteiger partial charge in [0.05, 0.1) is 7.11 Å². The van der Waals surface area contributed by atoms with Gasteiger partial charge >= 0.3 is 0 Å². The molecule has 0 unspecified atom stereocenters. The van der Waals surface area contributed by atoms with E-state index in [2.05, 4.69) is 45.9 Å². The normalized spacial score (nSPS) is 11.1. The monoisotopic (exact) mass is 224 g/mol. The minimum atomic E-state index is 0.507. The van der Waals surface area contributed by atoms with Gasteiger partial charge in [0.1, 0.15) is 5.75 Å². The van der Waals surface area contributed by atoms with Crippen LogP contribution in [0.25, 0.3) is 0 Å². The van der Waals surface area contributed by atoms with Crippen molar-refractivity contribution in [3.63, 3.8) is 0 Å². The number of benzene rings is 1. The molecule has 0 aromatic heterocycles. The molecule has 0 radical (unpaired) electrons. The molecular weight excluding hydrogens is 204 g/mol. The Morgan fingerprint density at radius 1 is 1.13 bits per heavy atom. The van der Waals surface area contributed by atoms with Gasteiger partial charge in [0.2, 0.25) is 0 Å². The molecule has 0 aliphatic carbocycles. The molecule has 0 fully saturated rings. The lowest BCUT2D eigenvalue weighted by Gasteiger charge is -2.14. The van der Waals surface area contributed by atoms with Crippen molar-refractivity contribution in [3.05, 3.63) is 23.8 Å². The summed E-state index contributed by atoms with van der Waals surface area (Å²) >= 11 is 1.89. The van der Waals surface area contributed by atoms with Crippen molar-refractivity contribution in [2.45, 2.75) is 43.8 Å². The second-order valence-corrected chi connectivity index (χ2v) is 5.87. The summed E-state index contributed by atoms with van der Waals surface area (Å²) in [5.41, 5.74) is 1.29. The number of hydrogen-bond donors (Lipinski definition) is 0. The molecule has 0 atom stereocenters. The molecule has 0 aliphatic rings. The van der Waals surface area contributed by atoms with E-state index < -0.39 is 0 Å². The third-order valence-corrected chi connectivity index (χ3v) is 3.19. The fourth-order valence-corrected chi connectivity index (χ4v) is 2.40. The largest absolute Gasteiger partial charge is 0.496 e. The molecule has 15 heavy (non-hydrogen) atoms.